The molecule has 0 aromatic carbocycles. The summed E-state index contributed by atoms with van der Waals surface area (Å²) in [6.45, 7) is 4.57. The molecule has 29 heavy (non-hydrogen) atoms. The van der Waals surface area contributed by atoms with Gasteiger partial charge in [-0.05, 0) is 45.6 Å². The standard InChI is InChI=1S/C21H37FN6O/c1-27-7-9-28(10-8-27)12-5-6-14-16(11-12)25-20(24-14)18-19(23)17-13(22)3-2-4-15(17)26-21(18)29/h12-20,24-25H,2-11,23H2,1H3,(H,26,29). The van der Waals surface area contributed by atoms with Gasteiger partial charge in [0.1, 0.15) is 6.17 Å². The van der Waals surface area contributed by atoms with Crippen molar-refractivity contribution in [3.05, 3.63) is 0 Å². The molecule has 3 heterocycles. The molecule has 7 nitrogen and oxygen atoms in total. The number of alkyl halides is 1. The Balaban J connectivity index is 1.24. The van der Waals surface area contributed by atoms with E-state index in [9.17, 15) is 9.18 Å². The number of likely N-dealkylation sites (N-methyl/N-ethyl adjacent to an activating group) is 1. The number of carbonyl (C=O) groups is 1. The third-order valence-corrected chi connectivity index (χ3v) is 8.39. The van der Waals surface area contributed by atoms with Crippen LogP contribution in [0.5, 0.6) is 0 Å². The lowest BCUT2D eigenvalue weighted by atomic mass is 9.70. The number of piperazine rings is 1. The Kier molecular flexibility index (Phi) is 5.58. The predicted octanol–water partition coefficient (Wildman–Crippen LogP) is -0.377. The molecule has 0 aromatic rings. The van der Waals surface area contributed by atoms with Crippen LogP contribution in [0.3, 0.4) is 0 Å². The summed E-state index contributed by atoms with van der Waals surface area (Å²) in [4.78, 5) is 17.9. The number of amides is 1. The Morgan fingerprint density at radius 2 is 1.76 bits per heavy atom. The fraction of sp³-hybridized carbons (Fsp3) is 0.952. The van der Waals surface area contributed by atoms with E-state index in [1.165, 1.54) is 6.42 Å². The number of carbonyl (C=O) groups excluding carboxylic acids is 1. The van der Waals surface area contributed by atoms with Gasteiger partial charge in [-0.15, -0.1) is 0 Å². The van der Waals surface area contributed by atoms with E-state index in [1.54, 1.807) is 0 Å². The van der Waals surface area contributed by atoms with Gasteiger partial charge in [-0.3, -0.25) is 20.3 Å². The van der Waals surface area contributed by atoms with Crippen LogP contribution in [0.4, 0.5) is 4.39 Å². The highest BCUT2D eigenvalue weighted by molar-refractivity contribution is 5.81. The second-order valence-corrected chi connectivity index (χ2v) is 10.1. The number of nitrogens with one attached hydrogen (secondary N) is 3. The lowest BCUT2D eigenvalue weighted by Gasteiger charge is -2.46. The lowest BCUT2D eigenvalue weighted by molar-refractivity contribution is -0.133. The summed E-state index contributed by atoms with van der Waals surface area (Å²) >= 11 is 0. The molecule has 0 bridgehead atoms. The molecule has 0 radical (unpaired) electrons. The maximum absolute atomic E-state index is 14.7. The highest BCUT2D eigenvalue weighted by atomic mass is 19.1. The minimum Gasteiger partial charge on any atom is -0.353 e. The molecule has 9 unspecified atom stereocenters. The summed E-state index contributed by atoms with van der Waals surface area (Å²) in [5.74, 6) is -0.664. The molecule has 5 N–H and O–H groups in total. The zero-order valence-electron chi connectivity index (χ0n) is 17.5. The molecule has 3 saturated heterocycles. The fourth-order valence-electron chi connectivity index (χ4n) is 6.68. The van der Waals surface area contributed by atoms with Gasteiger partial charge in [-0.1, -0.05) is 0 Å². The van der Waals surface area contributed by atoms with Gasteiger partial charge < -0.3 is 16.0 Å². The van der Waals surface area contributed by atoms with Crippen molar-refractivity contribution in [3.63, 3.8) is 0 Å². The van der Waals surface area contributed by atoms with Gasteiger partial charge in [-0.2, -0.15) is 0 Å². The molecule has 0 aromatic heterocycles. The number of fused-ring (bicyclic) bond motifs is 2. The van der Waals surface area contributed by atoms with Crippen molar-refractivity contribution >= 4 is 5.91 Å². The molecular formula is C21H37FN6O. The van der Waals surface area contributed by atoms with Crippen molar-refractivity contribution in [2.24, 2.45) is 17.6 Å². The summed E-state index contributed by atoms with van der Waals surface area (Å²) in [5.41, 5.74) is 6.55. The molecule has 5 rings (SSSR count). The molecule has 8 heteroatoms. The molecule has 3 aliphatic heterocycles. The third-order valence-electron chi connectivity index (χ3n) is 8.39. The van der Waals surface area contributed by atoms with Gasteiger partial charge >= 0.3 is 0 Å². The van der Waals surface area contributed by atoms with Crippen LogP contribution >= 0.6 is 0 Å². The van der Waals surface area contributed by atoms with Crippen LogP contribution in [0.25, 0.3) is 0 Å². The number of hydrogen-bond acceptors (Lipinski definition) is 6. The van der Waals surface area contributed by atoms with Crippen LogP contribution in [0.1, 0.15) is 38.5 Å². The molecule has 9 atom stereocenters. The number of nitrogens with two attached hydrogens (primary N) is 1. The van der Waals surface area contributed by atoms with Gasteiger partial charge in [0, 0.05) is 62.3 Å². The predicted molar refractivity (Wildman–Crippen MR) is 110 cm³/mol. The van der Waals surface area contributed by atoms with Gasteiger partial charge in [0.05, 0.1) is 12.1 Å². The summed E-state index contributed by atoms with van der Waals surface area (Å²) < 4.78 is 14.7. The van der Waals surface area contributed by atoms with Crippen molar-refractivity contribution in [2.45, 2.75) is 81.1 Å². The third kappa shape index (κ3) is 3.71. The largest absolute Gasteiger partial charge is 0.353 e. The first kappa shape index (κ1) is 20.1. The molecule has 5 aliphatic rings. The number of hydrogen-bond donors (Lipinski definition) is 4. The lowest BCUT2D eigenvalue weighted by Crippen LogP contribution is -2.68. The average Bonchev–Trinajstić information content (AvgIpc) is 3.11. The maximum Gasteiger partial charge on any atom is 0.227 e. The van der Waals surface area contributed by atoms with Gasteiger partial charge in [-0.25, -0.2) is 4.39 Å². The second-order valence-electron chi connectivity index (χ2n) is 10.1. The maximum atomic E-state index is 14.7. The molecule has 0 spiro atoms. The van der Waals surface area contributed by atoms with E-state index in [1.807, 2.05) is 0 Å². The molecule has 2 aliphatic carbocycles. The van der Waals surface area contributed by atoms with Gasteiger partial charge in [0.2, 0.25) is 5.91 Å². The number of piperidine rings is 1. The summed E-state index contributed by atoms with van der Waals surface area (Å²) in [5, 5.41) is 10.5. The topological polar surface area (TPSA) is 85.7 Å². The number of rotatable bonds is 2. The van der Waals surface area contributed by atoms with E-state index in [-0.39, 0.29) is 24.0 Å². The van der Waals surface area contributed by atoms with E-state index in [0.29, 0.717) is 24.5 Å². The first-order chi connectivity index (χ1) is 14.0. The fourth-order valence-corrected chi connectivity index (χ4v) is 6.68. The number of nitrogens with zero attached hydrogens (tertiary/aromatic N) is 2. The van der Waals surface area contributed by atoms with Crippen molar-refractivity contribution < 1.29 is 9.18 Å². The quantitative estimate of drug-likeness (QED) is 0.499. The van der Waals surface area contributed by atoms with Crippen LogP contribution < -0.4 is 21.7 Å². The molecule has 1 amide bonds. The van der Waals surface area contributed by atoms with Crippen LogP contribution in [0, 0.1) is 11.8 Å². The summed E-state index contributed by atoms with van der Waals surface area (Å²) in [6.07, 6.45) is 4.62. The Labute approximate surface area is 173 Å². The van der Waals surface area contributed by atoms with Gasteiger partial charge in [0.25, 0.3) is 0 Å². The SMILES string of the molecule is CN1CCN(C2CCC3NC(C4C(=O)NC5CCCC(F)C5C4N)NC3C2)CC1. The summed E-state index contributed by atoms with van der Waals surface area (Å²) in [6, 6.07) is 0.841. The highest BCUT2D eigenvalue weighted by Gasteiger charge is 2.52. The Morgan fingerprint density at radius 3 is 2.55 bits per heavy atom. The smallest absolute Gasteiger partial charge is 0.227 e. The monoisotopic (exact) mass is 408 g/mol. The zero-order chi connectivity index (χ0) is 20.1. The highest BCUT2D eigenvalue weighted by Crippen LogP contribution is 2.37. The first-order valence-corrected chi connectivity index (χ1v) is 11.7. The van der Waals surface area contributed by atoms with E-state index < -0.39 is 18.1 Å². The average molecular weight is 409 g/mol. The Bertz CT molecular complexity index is 614. The molecule has 5 fully saturated rings. The second kappa shape index (κ2) is 8.04. The van der Waals surface area contributed by atoms with Crippen molar-refractivity contribution in [3.8, 4) is 0 Å². The first-order valence-electron chi connectivity index (χ1n) is 11.7. The Hall–Kier alpha value is -0.800. The van der Waals surface area contributed by atoms with Crippen LogP contribution in [-0.4, -0.2) is 91.5 Å². The van der Waals surface area contributed by atoms with Crippen molar-refractivity contribution in [2.75, 3.05) is 33.2 Å². The minimum absolute atomic E-state index is 0.00730. The van der Waals surface area contributed by atoms with Crippen molar-refractivity contribution in [1.29, 1.82) is 0 Å². The van der Waals surface area contributed by atoms with E-state index in [2.05, 4.69) is 32.8 Å². The van der Waals surface area contributed by atoms with E-state index in [0.717, 1.165) is 51.9 Å². The zero-order valence-corrected chi connectivity index (χ0v) is 17.5. The minimum atomic E-state index is -0.905. The van der Waals surface area contributed by atoms with Crippen LogP contribution in [0.15, 0.2) is 0 Å². The molecular weight excluding hydrogens is 371 g/mol. The normalized spacial score (nSPS) is 49.3. The Morgan fingerprint density at radius 1 is 1.00 bits per heavy atom. The van der Waals surface area contributed by atoms with Crippen LogP contribution in [0.2, 0.25) is 0 Å². The molecule has 164 valence electrons. The van der Waals surface area contributed by atoms with Crippen molar-refractivity contribution in [1.82, 2.24) is 25.8 Å². The molecule has 2 saturated carbocycles. The number of halogens is 1. The summed E-state index contributed by atoms with van der Waals surface area (Å²) in [7, 11) is 2.19. The van der Waals surface area contributed by atoms with E-state index in [4.69, 9.17) is 5.73 Å². The van der Waals surface area contributed by atoms with Gasteiger partial charge in [0.15, 0.2) is 0 Å². The van der Waals surface area contributed by atoms with E-state index >= 15 is 0 Å². The van der Waals surface area contributed by atoms with Crippen LogP contribution in [-0.2, 0) is 4.79 Å².